The maximum atomic E-state index is 14.2. The zero-order chi connectivity index (χ0) is 25.4. The van der Waals surface area contributed by atoms with Gasteiger partial charge in [-0.1, -0.05) is 35.1 Å². The molecule has 2 aromatic heterocycles. The van der Waals surface area contributed by atoms with Gasteiger partial charge in [0.2, 0.25) is 15.0 Å². The van der Waals surface area contributed by atoms with Crippen LogP contribution in [0.1, 0.15) is 5.69 Å². The van der Waals surface area contributed by atoms with E-state index in [2.05, 4.69) is 10.1 Å². The number of hydrogen-bond donors (Lipinski definition) is 0. The average Bonchev–Trinajstić information content (AvgIpc) is 3.29. The van der Waals surface area contributed by atoms with Crippen molar-refractivity contribution in [3.8, 4) is 16.3 Å². The second-order valence-electron chi connectivity index (χ2n) is 8.14. The van der Waals surface area contributed by atoms with Gasteiger partial charge in [-0.05, 0) is 30.3 Å². The standard InChI is InChI=1S/C23H21ClFN5O4S2/c1-34-20-7-6-16(13-18(20)24)36(32,33)29-10-8-28(9-11-29)14-15-12-21(31)30-23(26-15)35-22(27-30)17-4-2-3-5-19(17)25/h2-7,12-13H,8-11,14H2,1H3. The predicted octanol–water partition coefficient (Wildman–Crippen LogP) is 3.13. The van der Waals surface area contributed by atoms with E-state index in [4.69, 9.17) is 16.3 Å². The van der Waals surface area contributed by atoms with E-state index in [1.165, 1.54) is 46.3 Å². The topological polar surface area (TPSA) is 97.1 Å². The molecule has 4 aromatic rings. The molecule has 13 heteroatoms. The highest BCUT2D eigenvalue weighted by molar-refractivity contribution is 7.89. The molecule has 0 spiro atoms. The van der Waals surface area contributed by atoms with Crippen molar-refractivity contribution in [1.29, 1.82) is 0 Å². The van der Waals surface area contributed by atoms with Crippen LogP contribution >= 0.6 is 22.9 Å². The van der Waals surface area contributed by atoms with Crippen LogP contribution in [0.25, 0.3) is 15.5 Å². The molecule has 0 bridgehead atoms. The minimum absolute atomic E-state index is 0.109. The van der Waals surface area contributed by atoms with E-state index < -0.39 is 15.8 Å². The number of ether oxygens (including phenoxy) is 1. The molecule has 3 heterocycles. The van der Waals surface area contributed by atoms with Crippen LogP contribution in [-0.2, 0) is 16.6 Å². The molecule has 1 saturated heterocycles. The lowest BCUT2D eigenvalue weighted by molar-refractivity contribution is 0.180. The van der Waals surface area contributed by atoms with Gasteiger partial charge in [-0.25, -0.2) is 17.8 Å². The van der Waals surface area contributed by atoms with Crippen molar-refractivity contribution >= 4 is 37.9 Å². The summed E-state index contributed by atoms with van der Waals surface area (Å²) in [6, 6.07) is 12.0. The minimum atomic E-state index is -3.71. The fourth-order valence-electron chi connectivity index (χ4n) is 3.99. The number of fused-ring (bicyclic) bond motifs is 1. The summed E-state index contributed by atoms with van der Waals surface area (Å²) in [5.41, 5.74) is 0.498. The van der Waals surface area contributed by atoms with Gasteiger partial charge in [0.25, 0.3) is 5.56 Å². The van der Waals surface area contributed by atoms with Crippen molar-refractivity contribution in [3.63, 3.8) is 0 Å². The first-order valence-corrected chi connectivity index (χ1v) is 13.6. The summed E-state index contributed by atoms with van der Waals surface area (Å²) in [6.45, 7) is 1.87. The van der Waals surface area contributed by atoms with Crippen molar-refractivity contribution in [2.45, 2.75) is 11.4 Å². The first kappa shape index (κ1) is 24.8. The number of halogens is 2. The van der Waals surface area contributed by atoms with Crippen molar-refractivity contribution in [2.75, 3.05) is 33.3 Å². The molecule has 1 fully saturated rings. The maximum absolute atomic E-state index is 14.2. The minimum Gasteiger partial charge on any atom is -0.495 e. The molecule has 36 heavy (non-hydrogen) atoms. The number of benzene rings is 2. The quantitative estimate of drug-likeness (QED) is 0.364. The number of rotatable bonds is 6. The molecule has 9 nitrogen and oxygen atoms in total. The SMILES string of the molecule is COc1ccc(S(=O)(=O)N2CCN(Cc3cc(=O)n4nc(-c5ccccc5F)sc4n3)CC2)cc1Cl. The number of methoxy groups -OCH3 is 1. The molecule has 0 N–H and O–H groups in total. The fourth-order valence-corrected chi connectivity index (χ4v) is 6.72. The maximum Gasteiger partial charge on any atom is 0.275 e. The van der Waals surface area contributed by atoms with Crippen molar-refractivity contribution in [2.24, 2.45) is 0 Å². The largest absolute Gasteiger partial charge is 0.495 e. The van der Waals surface area contributed by atoms with Gasteiger partial charge in [-0.15, -0.1) is 0 Å². The molecule has 0 saturated carbocycles. The second-order valence-corrected chi connectivity index (χ2v) is 11.4. The molecule has 0 radical (unpaired) electrons. The molecular weight excluding hydrogens is 529 g/mol. The Labute approximate surface area is 215 Å². The molecule has 0 unspecified atom stereocenters. The summed E-state index contributed by atoms with van der Waals surface area (Å²) in [6.07, 6.45) is 0. The van der Waals surface area contributed by atoms with Crippen molar-refractivity contribution < 1.29 is 17.5 Å². The molecule has 5 rings (SSSR count). The van der Waals surface area contributed by atoms with E-state index in [0.717, 1.165) is 11.3 Å². The van der Waals surface area contributed by atoms with E-state index in [0.29, 0.717) is 46.6 Å². The van der Waals surface area contributed by atoms with E-state index in [9.17, 15) is 17.6 Å². The Morgan fingerprint density at radius 3 is 2.56 bits per heavy atom. The van der Waals surface area contributed by atoms with Crippen LogP contribution in [0.2, 0.25) is 5.02 Å². The lowest BCUT2D eigenvalue weighted by Crippen LogP contribution is -2.48. The number of sulfonamides is 1. The Kier molecular flexibility index (Phi) is 6.79. The fraction of sp³-hybridized carbons (Fsp3) is 0.261. The third-order valence-electron chi connectivity index (χ3n) is 5.88. The number of aromatic nitrogens is 3. The summed E-state index contributed by atoms with van der Waals surface area (Å²) in [7, 11) is -2.24. The molecule has 1 aliphatic rings. The predicted molar refractivity (Wildman–Crippen MR) is 135 cm³/mol. The van der Waals surface area contributed by atoms with Gasteiger partial charge >= 0.3 is 0 Å². The van der Waals surface area contributed by atoms with Crippen molar-refractivity contribution in [1.82, 2.24) is 23.8 Å². The van der Waals surface area contributed by atoms with Gasteiger partial charge in [-0.2, -0.15) is 13.9 Å². The summed E-state index contributed by atoms with van der Waals surface area (Å²) in [4.78, 5) is 19.7. The van der Waals surface area contributed by atoms with Gasteiger partial charge in [0.15, 0.2) is 5.01 Å². The summed E-state index contributed by atoms with van der Waals surface area (Å²) >= 11 is 7.25. The molecule has 0 aliphatic carbocycles. The monoisotopic (exact) mass is 549 g/mol. The highest BCUT2D eigenvalue weighted by atomic mass is 35.5. The molecule has 2 aromatic carbocycles. The Bertz CT molecular complexity index is 1600. The first-order valence-electron chi connectivity index (χ1n) is 11.0. The summed E-state index contributed by atoms with van der Waals surface area (Å²) < 4.78 is 48.0. The van der Waals surface area contributed by atoms with Crippen LogP contribution in [0.15, 0.2) is 58.2 Å². The Morgan fingerprint density at radius 1 is 1.11 bits per heavy atom. The molecule has 0 atom stereocenters. The highest BCUT2D eigenvalue weighted by Gasteiger charge is 2.29. The highest BCUT2D eigenvalue weighted by Crippen LogP contribution is 2.29. The smallest absolute Gasteiger partial charge is 0.275 e. The molecule has 0 amide bonds. The number of nitrogens with zero attached hydrogens (tertiary/aromatic N) is 5. The molecule has 188 valence electrons. The van der Waals surface area contributed by atoms with Gasteiger partial charge in [0.1, 0.15) is 11.6 Å². The summed E-state index contributed by atoms with van der Waals surface area (Å²) in [5.74, 6) is -0.0164. The van der Waals surface area contributed by atoms with Crippen LogP contribution in [0, 0.1) is 5.82 Å². The van der Waals surface area contributed by atoms with Gasteiger partial charge in [-0.3, -0.25) is 9.69 Å². The van der Waals surface area contributed by atoms with Gasteiger partial charge in [0.05, 0.1) is 22.7 Å². The zero-order valence-corrected chi connectivity index (χ0v) is 21.5. The summed E-state index contributed by atoms with van der Waals surface area (Å²) in [5, 5.41) is 4.83. The Hall–Kier alpha value is -2.90. The van der Waals surface area contributed by atoms with Crippen LogP contribution in [-0.4, -0.2) is 65.5 Å². The zero-order valence-electron chi connectivity index (χ0n) is 19.1. The van der Waals surface area contributed by atoms with Gasteiger partial charge < -0.3 is 4.74 Å². The second kappa shape index (κ2) is 9.87. The lowest BCUT2D eigenvalue weighted by Gasteiger charge is -2.33. The van der Waals surface area contributed by atoms with E-state index in [1.54, 1.807) is 18.2 Å². The van der Waals surface area contributed by atoms with Crippen LogP contribution in [0.4, 0.5) is 4.39 Å². The normalized spacial score (nSPS) is 15.4. The lowest BCUT2D eigenvalue weighted by atomic mass is 10.2. The number of hydrogen-bond acceptors (Lipinski definition) is 8. The molecule has 1 aliphatic heterocycles. The van der Waals surface area contributed by atoms with Gasteiger partial charge in [0, 0.05) is 44.4 Å². The van der Waals surface area contributed by atoms with Crippen molar-refractivity contribution in [3.05, 3.63) is 75.4 Å². The first-order chi connectivity index (χ1) is 17.3. The Morgan fingerprint density at radius 2 is 1.86 bits per heavy atom. The average molecular weight is 550 g/mol. The van der Waals surface area contributed by atoms with Crippen LogP contribution < -0.4 is 10.3 Å². The third kappa shape index (κ3) is 4.74. The van der Waals surface area contributed by atoms with Crippen LogP contribution in [0.5, 0.6) is 5.75 Å². The van der Waals surface area contributed by atoms with Crippen LogP contribution in [0.3, 0.4) is 0 Å². The third-order valence-corrected chi connectivity index (χ3v) is 9.01. The van der Waals surface area contributed by atoms with E-state index >= 15 is 0 Å². The molecular formula is C23H21ClFN5O4S2. The van der Waals surface area contributed by atoms with E-state index in [1.807, 2.05) is 4.90 Å². The van der Waals surface area contributed by atoms with E-state index in [-0.39, 0.29) is 28.6 Å². The number of piperazine rings is 1. The Balaban J connectivity index is 1.29.